The Kier molecular flexibility index (Phi) is 7.57. The number of carbonyl (C=O) groups is 1. The largest absolute Gasteiger partial charge is 0.497 e. The van der Waals surface area contributed by atoms with Gasteiger partial charge in [0, 0.05) is 6.07 Å². The third-order valence-electron chi connectivity index (χ3n) is 5.70. The highest BCUT2D eigenvalue weighted by atomic mass is 16.5. The summed E-state index contributed by atoms with van der Waals surface area (Å²) < 4.78 is 11.8. The maximum atomic E-state index is 13.2. The van der Waals surface area contributed by atoms with Gasteiger partial charge in [-0.3, -0.25) is 9.59 Å². The quantitative estimate of drug-likeness (QED) is 0.400. The fourth-order valence-electron chi connectivity index (χ4n) is 3.76. The van der Waals surface area contributed by atoms with Gasteiger partial charge < -0.3 is 14.8 Å². The molecule has 0 saturated heterocycles. The van der Waals surface area contributed by atoms with Crippen LogP contribution in [0.3, 0.4) is 0 Å². The van der Waals surface area contributed by atoms with Crippen molar-refractivity contribution in [3.63, 3.8) is 0 Å². The predicted molar refractivity (Wildman–Crippen MR) is 134 cm³/mol. The van der Waals surface area contributed by atoms with Crippen LogP contribution in [0.15, 0.2) is 95.8 Å². The van der Waals surface area contributed by atoms with Crippen molar-refractivity contribution < 1.29 is 14.3 Å². The molecule has 1 aromatic heterocycles. The van der Waals surface area contributed by atoms with Crippen LogP contribution in [0.2, 0.25) is 0 Å². The molecule has 4 rings (SSSR count). The lowest BCUT2D eigenvalue weighted by Crippen LogP contribution is -2.33. The van der Waals surface area contributed by atoms with E-state index in [0.29, 0.717) is 6.42 Å². The lowest BCUT2D eigenvalue weighted by Gasteiger charge is -2.20. The van der Waals surface area contributed by atoms with Crippen molar-refractivity contribution in [3.8, 4) is 11.5 Å². The van der Waals surface area contributed by atoms with E-state index in [4.69, 9.17) is 9.47 Å². The molecule has 35 heavy (non-hydrogen) atoms. The van der Waals surface area contributed by atoms with E-state index in [1.165, 1.54) is 16.8 Å². The van der Waals surface area contributed by atoms with Crippen molar-refractivity contribution in [2.45, 2.75) is 19.0 Å². The fraction of sp³-hybridized carbons (Fsp3) is 0.179. The highest BCUT2D eigenvalue weighted by Crippen LogP contribution is 2.23. The van der Waals surface area contributed by atoms with Gasteiger partial charge in [0.05, 0.1) is 26.8 Å². The molecule has 0 radical (unpaired) electrons. The molecule has 1 heterocycles. The molecule has 178 valence electrons. The van der Waals surface area contributed by atoms with E-state index in [2.05, 4.69) is 10.4 Å². The number of carbonyl (C=O) groups excluding carboxylic acids is 1. The summed E-state index contributed by atoms with van der Waals surface area (Å²) in [5.41, 5.74) is 2.79. The number of hydrogen-bond acceptors (Lipinski definition) is 5. The Morgan fingerprint density at radius 2 is 1.46 bits per heavy atom. The molecule has 1 atom stereocenters. The standard InChI is InChI=1S/C28H27N3O4/c1-34-23-12-8-20(9-13-23)18-26(22-10-14-24(35-2)15-11-22)29-28(33)25-16-17-27(32)31(30-25)19-21-6-4-3-5-7-21/h3-17,26H,18-19H2,1-2H3,(H,29,33)/t26-/m0/s1. The number of nitrogens with zero attached hydrogens (tertiary/aromatic N) is 2. The fourth-order valence-corrected chi connectivity index (χ4v) is 3.76. The van der Waals surface area contributed by atoms with Crippen LogP contribution in [0.1, 0.15) is 33.2 Å². The number of amides is 1. The first-order chi connectivity index (χ1) is 17.1. The Labute approximate surface area is 204 Å². The van der Waals surface area contributed by atoms with Crippen molar-refractivity contribution in [2.75, 3.05) is 14.2 Å². The summed E-state index contributed by atoms with van der Waals surface area (Å²) in [6, 6.07) is 27.3. The summed E-state index contributed by atoms with van der Waals surface area (Å²) in [5.74, 6) is 1.14. The normalized spacial score (nSPS) is 11.5. The Hall–Kier alpha value is -4.39. The number of methoxy groups -OCH3 is 2. The summed E-state index contributed by atoms with van der Waals surface area (Å²) >= 11 is 0. The van der Waals surface area contributed by atoms with Crippen LogP contribution in [0.5, 0.6) is 11.5 Å². The Morgan fingerprint density at radius 3 is 2.09 bits per heavy atom. The van der Waals surface area contributed by atoms with Crippen molar-refractivity contribution in [1.82, 2.24) is 15.1 Å². The van der Waals surface area contributed by atoms with Crippen LogP contribution < -0.4 is 20.3 Å². The monoisotopic (exact) mass is 469 g/mol. The molecule has 0 bridgehead atoms. The van der Waals surface area contributed by atoms with Gasteiger partial charge in [0.25, 0.3) is 11.5 Å². The van der Waals surface area contributed by atoms with Crippen LogP contribution in [0, 0.1) is 0 Å². The highest BCUT2D eigenvalue weighted by molar-refractivity contribution is 5.92. The lowest BCUT2D eigenvalue weighted by molar-refractivity contribution is 0.0929. The van der Waals surface area contributed by atoms with Gasteiger partial charge in [0.2, 0.25) is 0 Å². The van der Waals surface area contributed by atoms with Crippen molar-refractivity contribution in [1.29, 1.82) is 0 Å². The topological polar surface area (TPSA) is 82.5 Å². The molecule has 1 N–H and O–H groups in total. The first kappa shape index (κ1) is 23.8. The van der Waals surface area contributed by atoms with Crippen molar-refractivity contribution >= 4 is 5.91 Å². The molecule has 0 aliphatic carbocycles. The minimum Gasteiger partial charge on any atom is -0.497 e. The van der Waals surface area contributed by atoms with Gasteiger partial charge in [-0.05, 0) is 53.4 Å². The van der Waals surface area contributed by atoms with Gasteiger partial charge in [-0.15, -0.1) is 0 Å². The van der Waals surface area contributed by atoms with Gasteiger partial charge >= 0.3 is 0 Å². The second kappa shape index (κ2) is 11.2. The Morgan fingerprint density at radius 1 is 0.829 bits per heavy atom. The van der Waals surface area contributed by atoms with Gasteiger partial charge in [0.1, 0.15) is 17.2 Å². The second-order valence-electron chi connectivity index (χ2n) is 8.05. The molecule has 0 aliphatic heterocycles. The first-order valence-corrected chi connectivity index (χ1v) is 11.3. The minimum atomic E-state index is -0.360. The zero-order chi connectivity index (χ0) is 24.6. The van der Waals surface area contributed by atoms with E-state index in [0.717, 1.165) is 28.2 Å². The summed E-state index contributed by atoms with van der Waals surface area (Å²) in [6.45, 7) is 0.286. The smallest absolute Gasteiger partial charge is 0.272 e. The molecular formula is C28H27N3O4. The van der Waals surface area contributed by atoms with E-state index in [9.17, 15) is 9.59 Å². The molecule has 7 heteroatoms. The van der Waals surface area contributed by atoms with Gasteiger partial charge in [-0.25, -0.2) is 4.68 Å². The van der Waals surface area contributed by atoms with Gasteiger partial charge in [-0.2, -0.15) is 5.10 Å². The predicted octanol–water partition coefficient (Wildman–Crippen LogP) is 4.02. The molecule has 3 aromatic carbocycles. The highest BCUT2D eigenvalue weighted by Gasteiger charge is 2.19. The van der Waals surface area contributed by atoms with E-state index >= 15 is 0 Å². The van der Waals surface area contributed by atoms with Crippen LogP contribution in [0.4, 0.5) is 0 Å². The third kappa shape index (κ3) is 6.14. The first-order valence-electron chi connectivity index (χ1n) is 11.3. The molecule has 0 aliphatic rings. The maximum absolute atomic E-state index is 13.2. The number of rotatable bonds is 9. The number of ether oxygens (including phenoxy) is 2. The van der Waals surface area contributed by atoms with E-state index < -0.39 is 0 Å². The second-order valence-corrected chi connectivity index (χ2v) is 8.05. The molecule has 0 spiro atoms. The average Bonchev–Trinajstić information content (AvgIpc) is 2.90. The van der Waals surface area contributed by atoms with Crippen LogP contribution in [-0.4, -0.2) is 29.9 Å². The van der Waals surface area contributed by atoms with E-state index in [1.54, 1.807) is 14.2 Å². The Bertz CT molecular complexity index is 1320. The molecule has 7 nitrogen and oxygen atoms in total. The zero-order valence-electron chi connectivity index (χ0n) is 19.7. The number of aromatic nitrogens is 2. The minimum absolute atomic E-state index is 0.175. The van der Waals surface area contributed by atoms with Crippen molar-refractivity contribution in [2.24, 2.45) is 0 Å². The average molecular weight is 470 g/mol. The molecule has 4 aromatic rings. The molecule has 0 fully saturated rings. The number of benzene rings is 3. The van der Waals surface area contributed by atoms with Gasteiger partial charge in [0.15, 0.2) is 0 Å². The van der Waals surface area contributed by atoms with Crippen LogP contribution >= 0.6 is 0 Å². The summed E-state index contributed by atoms with van der Waals surface area (Å²) in [5, 5.41) is 7.41. The van der Waals surface area contributed by atoms with Crippen LogP contribution in [0.25, 0.3) is 0 Å². The molecule has 0 saturated carbocycles. The van der Waals surface area contributed by atoms with Gasteiger partial charge in [-0.1, -0.05) is 54.6 Å². The third-order valence-corrected chi connectivity index (χ3v) is 5.70. The molecular weight excluding hydrogens is 442 g/mol. The van der Waals surface area contributed by atoms with Crippen LogP contribution in [-0.2, 0) is 13.0 Å². The summed E-state index contributed by atoms with van der Waals surface area (Å²) in [4.78, 5) is 25.6. The lowest BCUT2D eigenvalue weighted by atomic mass is 9.98. The maximum Gasteiger partial charge on any atom is 0.272 e. The molecule has 1 amide bonds. The van der Waals surface area contributed by atoms with E-state index in [1.807, 2.05) is 78.9 Å². The zero-order valence-corrected chi connectivity index (χ0v) is 19.7. The molecule has 0 unspecified atom stereocenters. The number of nitrogens with one attached hydrogen (secondary N) is 1. The summed E-state index contributed by atoms with van der Waals surface area (Å²) in [6.07, 6.45) is 0.561. The number of hydrogen-bond donors (Lipinski definition) is 1. The van der Waals surface area contributed by atoms with E-state index in [-0.39, 0.29) is 29.7 Å². The SMILES string of the molecule is COc1ccc(C[C@H](NC(=O)c2ccc(=O)n(Cc3ccccc3)n2)c2ccc(OC)cc2)cc1. The van der Waals surface area contributed by atoms with Crippen molar-refractivity contribution in [3.05, 3.63) is 124 Å². The Balaban J connectivity index is 1.58. The summed E-state index contributed by atoms with van der Waals surface area (Å²) in [7, 11) is 3.24.